The van der Waals surface area contributed by atoms with Gasteiger partial charge in [0.25, 0.3) is 0 Å². The van der Waals surface area contributed by atoms with Gasteiger partial charge in [0.15, 0.2) is 23.2 Å². The van der Waals surface area contributed by atoms with Crippen LogP contribution in [0.4, 0.5) is 5.82 Å². The molecule has 9 nitrogen and oxygen atoms in total. The molecule has 30 heavy (non-hydrogen) atoms. The lowest BCUT2D eigenvalue weighted by Gasteiger charge is -2.16. The quantitative estimate of drug-likeness (QED) is 0.388. The van der Waals surface area contributed by atoms with Crippen LogP contribution >= 0.6 is 0 Å². The van der Waals surface area contributed by atoms with Gasteiger partial charge in [-0.3, -0.25) is 4.57 Å². The number of aliphatic hydroxyl groups excluding tert-OH is 2. The Bertz CT molecular complexity index is 1190. The van der Waals surface area contributed by atoms with Gasteiger partial charge < -0.3 is 26.0 Å². The number of nitrogens with two attached hydrogens (primary N) is 1. The zero-order valence-electron chi connectivity index (χ0n) is 16.1. The van der Waals surface area contributed by atoms with Crippen molar-refractivity contribution in [2.75, 3.05) is 11.9 Å². The number of fused-ring (bicyclic) bond motifs is 2. The highest BCUT2D eigenvalue weighted by Crippen LogP contribution is 2.32. The Labute approximate surface area is 172 Å². The van der Waals surface area contributed by atoms with Gasteiger partial charge in [-0.2, -0.15) is 0 Å². The minimum atomic E-state index is -1.13. The first-order valence-electron chi connectivity index (χ1n) is 9.77. The first-order valence-corrected chi connectivity index (χ1v) is 9.77. The van der Waals surface area contributed by atoms with Crippen molar-refractivity contribution >= 4 is 27.8 Å². The Hall–Kier alpha value is -3.11. The molecule has 5 N–H and O–H groups in total. The van der Waals surface area contributed by atoms with Crippen LogP contribution in [-0.2, 0) is 11.3 Å². The predicted molar refractivity (Wildman–Crippen MR) is 112 cm³/mol. The molecule has 0 aliphatic carbocycles. The number of aliphatic hydroxyl groups is 2. The molecular weight excluding hydrogens is 384 g/mol. The molecule has 2 aromatic carbocycles. The van der Waals surface area contributed by atoms with Crippen molar-refractivity contribution in [2.24, 2.45) is 5.73 Å². The molecule has 0 amide bonds. The third-order valence-corrected chi connectivity index (χ3v) is 5.53. The first kappa shape index (κ1) is 18.9. The second-order valence-electron chi connectivity index (χ2n) is 7.32. The number of imidazole rings is 1. The fraction of sp³-hybridized carbons (Fsp3) is 0.286. The molecule has 154 valence electrons. The fourth-order valence-electron chi connectivity index (χ4n) is 3.95. The molecule has 9 heteroatoms. The van der Waals surface area contributed by atoms with Gasteiger partial charge in [0.2, 0.25) is 0 Å². The van der Waals surface area contributed by atoms with E-state index < -0.39 is 24.5 Å². The zero-order chi connectivity index (χ0) is 20.7. The third kappa shape index (κ3) is 3.08. The van der Waals surface area contributed by atoms with Crippen LogP contribution in [0.3, 0.4) is 0 Å². The van der Waals surface area contributed by atoms with E-state index in [9.17, 15) is 10.2 Å². The van der Waals surface area contributed by atoms with Gasteiger partial charge in [0, 0.05) is 13.1 Å². The number of ether oxygens (including phenoxy) is 1. The standard InChI is InChI=1S/C21H22N6O3/c22-8-15-17(28)18(29)21(30-15)27-11-26-16-19(24-10-25-20(16)27)23-9-13-6-3-5-12-4-1-2-7-14(12)13/h1-7,10-11,15,17-18,21,28-29H,8-9,22H2,(H,23,24,25)/t15-,17-,18-,21-/m1/s1. The van der Waals surface area contributed by atoms with Crippen molar-refractivity contribution in [3.8, 4) is 0 Å². The summed E-state index contributed by atoms with van der Waals surface area (Å²) in [6.07, 6.45) is -0.694. The topological polar surface area (TPSA) is 131 Å². The number of rotatable bonds is 5. The van der Waals surface area contributed by atoms with Crippen LogP contribution in [0.25, 0.3) is 21.9 Å². The zero-order valence-corrected chi connectivity index (χ0v) is 16.1. The van der Waals surface area contributed by atoms with Gasteiger partial charge >= 0.3 is 0 Å². The Morgan fingerprint density at radius 2 is 1.87 bits per heavy atom. The van der Waals surface area contributed by atoms with Crippen molar-refractivity contribution in [1.29, 1.82) is 0 Å². The summed E-state index contributed by atoms with van der Waals surface area (Å²) in [5.74, 6) is 0.579. The maximum atomic E-state index is 10.4. The number of nitrogens with zero attached hydrogens (tertiary/aromatic N) is 4. The fourth-order valence-corrected chi connectivity index (χ4v) is 3.95. The van der Waals surface area contributed by atoms with E-state index >= 15 is 0 Å². The predicted octanol–water partition coefficient (Wildman–Crippen LogP) is 1.17. The molecule has 1 aliphatic rings. The van der Waals surface area contributed by atoms with E-state index in [2.05, 4.69) is 44.5 Å². The monoisotopic (exact) mass is 406 g/mol. The summed E-state index contributed by atoms with van der Waals surface area (Å²) in [5.41, 5.74) is 7.81. The molecule has 0 radical (unpaired) electrons. The lowest BCUT2D eigenvalue weighted by Crippen LogP contribution is -2.35. The first-order chi connectivity index (χ1) is 14.7. The van der Waals surface area contributed by atoms with E-state index in [1.807, 2.05) is 18.2 Å². The maximum absolute atomic E-state index is 10.4. The summed E-state index contributed by atoms with van der Waals surface area (Å²) in [4.78, 5) is 13.1. The molecule has 4 aromatic rings. The summed E-state index contributed by atoms with van der Waals surface area (Å²) >= 11 is 0. The highest BCUT2D eigenvalue weighted by Gasteiger charge is 2.43. The van der Waals surface area contributed by atoms with Gasteiger partial charge in [0.05, 0.1) is 6.33 Å². The van der Waals surface area contributed by atoms with Crippen molar-refractivity contribution in [3.05, 3.63) is 60.7 Å². The summed E-state index contributed by atoms with van der Waals surface area (Å²) < 4.78 is 7.32. The molecule has 0 spiro atoms. The normalized spacial score (nSPS) is 24.0. The van der Waals surface area contributed by atoms with E-state index in [1.54, 1.807) is 4.57 Å². The molecule has 1 aliphatic heterocycles. The number of anilines is 1. The second kappa shape index (κ2) is 7.62. The average Bonchev–Trinajstić information content (AvgIpc) is 3.33. The largest absolute Gasteiger partial charge is 0.387 e. The summed E-state index contributed by atoms with van der Waals surface area (Å²) in [6.45, 7) is 0.672. The van der Waals surface area contributed by atoms with Gasteiger partial charge in [-0.15, -0.1) is 0 Å². The van der Waals surface area contributed by atoms with Crippen LogP contribution in [0.2, 0.25) is 0 Å². The van der Waals surface area contributed by atoms with Gasteiger partial charge in [0.1, 0.15) is 24.6 Å². The van der Waals surface area contributed by atoms with Crippen LogP contribution in [0.5, 0.6) is 0 Å². The van der Waals surface area contributed by atoms with E-state index in [0.717, 1.165) is 5.56 Å². The summed E-state index contributed by atoms with van der Waals surface area (Å²) in [7, 11) is 0. The minimum Gasteiger partial charge on any atom is -0.387 e. The summed E-state index contributed by atoms with van der Waals surface area (Å²) in [5, 5.41) is 26.2. The second-order valence-corrected chi connectivity index (χ2v) is 7.32. The van der Waals surface area contributed by atoms with Crippen molar-refractivity contribution in [2.45, 2.75) is 31.1 Å². The number of hydrogen-bond acceptors (Lipinski definition) is 8. The summed E-state index contributed by atoms with van der Waals surface area (Å²) in [6, 6.07) is 14.4. The smallest absolute Gasteiger partial charge is 0.167 e. The van der Waals surface area contributed by atoms with E-state index in [-0.39, 0.29) is 6.54 Å². The highest BCUT2D eigenvalue weighted by atomic mass is 16.6. The number of aromatic nitrogens is 4. The molecule has 5 rings (SSSR count). The lowest BCUT2D eigenvalue weighted by molar-refractivity contribution is -0.0322. The van der Waals surface area contributed by atoms with E-state index in [0.29, 0.717) is 23.5 Å². The third-order valence-electron chi connectivity index (χ3n) is 5.53. The molecule has 0 saturated carbocycles. The Morgan fingerprint density at radius 3 is 2.70 bits per heavy atom. The number of nitrogens with one attached hydrogen (secondary N) is 1. The molecule has 1 fully saturated rings. The van der Waals surface area contributed by atoms with Crippen LogP contribution in [-0.4, -0.2) is 54.6 Å². The van der Waals surface area contributed by atoms with Gasteiger partial charge in [-0.05, 0) is 16.3 Å². The van der Waals surface area contributed by atoms with Crippen LogP contribution in [0.1, 0.15) is 11.8 Å². The highest BCUT2D eigenvalue weighted by molar-refractivity contribution is 5.86. The number of hydrogen-bond donors (Lipinski definition) is 4. The van der Waals surface area contributed by atoms with Gasteiger partial charge in [-0.25, -0.2) is 15.0 Å². The average molecular weight is 406 g/mol. The van der Waals surface area contributed by atoms with Crippen molar-refractivity contribution < 1.29 is 14.9 Å². The number of benzene rings is 2. The van der Waals surface area contributed by atoms with Crippen LogP contribution in [0.15, 0.2) is 55.1 Å². The molecular formula is C21H22N6O3. The van der Waals surface area contributed by atoms with E-state index in [4.69, 9.17) is 10.5 Å². The molecule has 2 aromatic heterocycles. The van der Waals surface area contributed by atoms with Crippen LogP contribution < -0.4 is 11.1 Å². The molecule has 4 atom stereocenters. The molecule has 3 heterocycles. The minimum absolute atomic E-state index is 0.105. The Morgan fingerprint density at radius 1 is 1.03 bits per heavy atom. The SMILES string of the molecule is NC[C@H]1O[C@@H](n2cnc3c(NCc4cccc5ccccc45)ncnc32)[C@H](O)[C@@H]1O. The molecule has 0 unspecified atom stereocenters. The van der Waals surface area contributed by atoms with Gasteiger partial charge in [-0.1, -0.05) is 42.5 Å². The molecule has 1 saturated heterocycles. The Kier molecular flexibility index (Phi) is 4.80. The Balaban J connectivity index is 1.44. The molecule has 0 bridgehead atoms. The van der Waals surface area contributed by atoms with Crippen LogP contribution in [0, 0.1) is 0 Å². The van der Waals surface area contributed by atoms with Crippen molar-refractivity contribution in [1.82, 2.24) is 19.5 Å². The van der Waals surface area contributed by atoms with E-state index in [1.165, 1.54) is 23.4 Å². The lowest BCUT2D eigenvalue weighted by atomic mass is 10.0. The van der Waals surface area contributed by atoms with Crippen molar-refractivity contribution in [3.63, 3.8) is 0 Å². The maximum Gasteiger partial charge on any atom is 0.167 e.